The summed E-state index contributed by atoms with van der Waals surface area (Å²) in [5, 5.41) is 54.6. The van der Waals surface area contributed by atoms with Crippen molar-refractivity contribution in [2.45, 2.75) is 403 Å². The van der Waals surface area contributed by atoms with Crippen molar-refractivity contribution in [1.82, 2.24) is 5.32 Å². The zero-order chi connectivity index (χ0) is 63.0. The molecular weight excluding hydrogens is 1090 g/mol. The lowest BCUT2D eigenvalue weighted by atomic mass is 9.99. The summed E-state index contributed by atoms with van der Waals surface area (Å²) in [6, 6.07) is -0.810. The minimum absolute atomic E-state index is 0.00411. The van der Waals surface area contributed by atoms with Gasteiger partial charge in [-0.3, -0.25) is 9.59 Å². The van der Waals surface area contributed by atoms with E-state index in [1.54, 1.807) is 6.08 Å². The molecule has 0 saturated carbocycles. The highest BCUT2D eigenvalue weighted by molar-refractivity contribution is 5.76. The zero-order valence-corrected chi connectivity index (χ0v) is 56.7. The lowest BCUT2D eigenvalue weighted by molar-refractivity contribution is -0.302. The average Bonchev–Trinajstić information content (AvgIpc) is 3.42. The van der Waals surface area contributed by atoms with E-state index in [0.717, 1.165) is 64.2 Å². The number of hydrogen-bond donors (Lipinski definition) is 6. The van der Waals surface area contributed by atoms with Crippen molar-refractivity contribution < 1.29 is 49.3 Å². The lowest BCUT2D eigenvalue weighted by Gasteiger charge is -2.40. The topological polar surface area (TPSA) is 175 Å². The van der Waals surface area contributed by atoms with Crippen LogP contribution in [0.1, 0.15) is 361 Å². The minimum Gasteiger partial charge on any atom is -0.466 e. The molecule has 7 unspecified atom stereocenters. The number of hydrogen-bond acceptors (Lipinski definition) is 10. The normalized spacial score (nSPS) is 18.1. The van der Waals surface area contributed by atoms with Gasteiger partial charge in [0.15, 0.2) is 6.29 Å². The van der Waals surface area contributed by atoms with E-state index < -0.39 is 49.5 Å². The molecule has 0 aromatic rings. The Morgan fingerprint density at radius 1 is 0.425 bits per heavy atom. The molecule has 1 aliphatic heterocycles. The van der Waals surface area contributed by atoms with Crippen LogP contribution in [-0.2, 0) is 23.8 Å². The number of amides is 1. The fraction of sp³-hybridized carbons (Fsp3) is 0.868. The standard InChI is InChI=1S/C76H141NO10/c1-3-5-7-9-11-13-15-16-36-39-43-46-50-54-58-62-69(79)68(67-86-76-75(84)74(83)73(82)70(66-78)87-76)77-71(80)63-59-55-51-47-44-40-37-34-32-30-28-26-24-22-20-18-17-19-21-23-25-27-29-31-33-35-38-41-45-49-53-57-61-65-85-72(81)64-60-56-52-48-42-14-12-10-8-6-4-2/h10,12,21,23,27,29,58,62,68-70,73-76,78-79,82-84H,3-9,11,13-20,22,24-26,28,30-57,59-61,63-67H2,1-2H3,(H,77,80)/b12-10-,23-21-,29-27-,62-58+. The number of ether oxygens (including phenoxy) is 3. The van der Waals surface area contributed by atoms with Crippen molar-refractivity contribution in [3.63, 3.8) is 0 Å². The van der Waals surface area contributed by atoms with Gasteiger partial charge in [0.25, 0.3) is 0 Å². The smallest absolute Gasteiger partial charge is 0.305 e. The van der Waals surface area contributed by atoms with E-state index in [4.69, 9.17) is 14.2 Å². The van der Waals surface area contributed by atoms with E-state index in [1.807, 2.05) is 6.08 Å². The predicted octanol–water partition coefficient (Wildman–Crippen LogP) is 19.5. The van der Waals surface area contributed by atoms with Crippen LogP contribution in [0.3, 0.4) is 0 Å². The molecule has 0 bridgehead atoms. The maximum Gasteiger partial charge on any atom is 0.305 e. The quantitative estimate of drug-likeness (QED) is 0.0195. The fourth-order valence-corrected chi connectivity index (χ4v) is 11.7. The first kappa shape index (κ1) is 82.6. The summed E-state index contributed by atoms with van der Waals surface area (Å²) >= 11 is 0. The van der Waals surface area contributed by atoms with Crippen LogP contribution in [0.2, 0.25) is 0 Å². The highest BCUT2D eigenvalue weighted by Crippen LogP contribution is 2.23. The number of unbranched alkanes of at least 4 members (excludes halogenated alkanes) is 46. The van der Waals surface area contributed by atoms with Crippen molar-refractivity contribution in [2.24, 2.45) is 0 Å². The average molecular weight is 1230 g/mol. The number of aliphatic hydroxyl groups excluding tert-OH is 5. The number of aliphatic hydroxyl groups is 5. The van der Waals surface area contributed by atoms with Gasteiger partial charge in [-0.25, -0.2) is 0 Å². The predicted molar refractivity (Wildman–Crippen MR) is 366 cm³/mol. The summed E-state index contributed by atoms with van der Waals surface area (Å²) in [5.74, 6) is -0.181. The number of nitrogens with one attached hydrogen (secondary N) is 1. The minimum atomic E-state index is -1.57. The first-order chi connectivity index (χ1) is 42.7. The van der Waals surface area contributed by atoms with Gasteiger partial charge in [0, 0.05) is 12.8 Å². The van der Waals surface area contributed by atoms with Crippen molar-refractivity contribution in [3.8, 4) is 0 Å². The van der Waals surface area contributed by atoms with E-state index in [2.05, 4.69) is 55.6 Å². The van der Waals surface area contributed by atoms with Crippen molar-refractivity contribution in [1.29, 1.82) is 0 Å². The van der Waals surface area contributed by atoms with Crippen LogP contribution in [0, 0.1) is 0 Å². The molecule has 11 heteroatoms. The Bertz CT molecular complexity index is 1580. The monoisotopic (exact) mass is 1230 g/mol. The lowest BCUT2D eigenvalue weighted by Crippen LogP contribution is -2.60. The molecule has 87 heavy (non-hydrogen) atoms. The highest BCUT2D eigenvalue weighted by Gasteiger charge is 2.44. The Kier molecular flexibility index (Phi) is 61.9. The van der Waals surface area contributed by atoms with Crippen LogP contribution in [0.25, 0.3) is 0 Å². The second-order valence-electron chi connectivity index (χ2n) is 26.0. The van der Waals surface area contributed by atoms with Gasteiger partial charge in [0.2, 0.25) is 5.91 Å². The van der Waals surface area contributed by atoms with Crippen LogP contribution >= 0.6 is 0 Å². The Balaban J connectivity index is 1.98. The molecule has 1 aliphatic rings. The van der Waals surface area contributed by atoms with Gasteiger partial charge in [-0.1, -0.05) is 313 Å². The maximum atomic E-state index is 13.1. The van der Waals surface area contributed by atoms with Gasteiger partial charge in [0.05, 0.1) is 32.0 Å². The van der Waals surface area contributed by atoms with E-state index in [9.17, 15) is 35.1 Å². The Labute approximate surface area is 536 Å². The van der Waals surface area contributed by atoms with Gasteiger partial charge in [-0.15, -0.1) is 0 Å². The molecule has 1 fully saturated rings. The number of allylic oxidation sites excluding steroid dienone is 7. The molecule has 1 amide bonds. The van der Waals surface area contributed by atoms with Crippen molar-refractivity contribution in [3.05, 3.63) is 48.6 Å². The second kappa shape index (κ2) is 65.1. The maximum absolute atomic E-state index is 13.1. The summed E-state index contributed by atoms with van der Waals surface area (Å²) in [4.78, 5) is 25.1. The van der Waals surface area contributed by atoms with Crippen LogP contribution in [-0.4, -0.2) is 100 Å². The Morgan fingerprint density at radius 3 is 1.21 bits per heavy atom. The molecule has 1 heterocycles. The first-order valence-corrected chi connectivity index (χ1v) is 37.4. The SMILES string of the molecule is CCCC/C=C\CCCCCCCC(=O)OCCCCCCCCCCC/C=C\C/C=C\CCCCCCCCCCCCCCCCCCCC(=O)NC(COC1OC(CO)C(O)C(O)C1O)C(O)/C=C/CCCCCCCCCCCCCCC. The van der Waals surface area contributed by atoms with E-state index in [-0.39, 0.29) is 18.5 Å². The summed E-state index contributed by atoms with van der Waals surface area (Å²) in [6.07, 6.45) is 75.3. The molecule has 1 saturated heterocycles. The van der Waals surface area contributed by atoms with Crippen LogP contribution < -0.4 is 5.32 Å². The van der Waals surface area contributed by atoms with Crippen LogP contribution in [0.4, 0.5) is 0 Å². The Morgan fingerprint density at radius 2 is 0.782 bits per heavy atom. The molecular formula is C76H141NO10. The van der Waals surface area contributed by atoms with Gasteiger partial charge in [-0.2, -0.15) is 0 Å². The molecule has 0 radical (unpaired) electrons. The molecule has 0 aliphatic carbocycles. The highest BCUT2D eigenvalue weighted by atomic mass is 16.7. The van der Waals surface area contributed by atoms with Gasteiger partial charge in [-0.05, 0) is 83.5 Å². The number of esters is 1. The largest absolute Gasteiger partial charge is 0.466 e. The van der Waals surface area contributed by atoms with E-state index in [0.29, 0.717) is 19.4 Å². The number of carbonyl (C=O) groups is 2. The number of carbonyl (C=O) groups excluding carboxylic acids is 2. The second-order valence-corrected chi connectivity index (χ2v) is 26.0. The number of rotatable bonds is 66. The molecule has 0 aromatic carbocycles. The third kappa shape index (κ3) is 53.9. The summed E-state index contributed by atoms with van der Waals surface area (Å²) < 4.78 is 16.8. The molecule has 11 nitrogen and oxygen atoms in total. The van der Waals surface area contributed by atoms with E-state index >= 15 is 0 Å². The van der Waals surface area contributed by atoms with Crippen molar-refractivity contribution >= 4 is 11.9 Å². The molecule has 0 spiro atoms. The van der Waals surface area contributed by atoms with Crippen LogP contribution in [0.15, 0.2) is 48.6 Å². The Hall–Kier alpha value is -2.38. The van der Waals surface area contributed by atoms with Crippen LogP contribution in [0.5, 0.6) is 0 Å². The van der Waals surface area contributed by atoms with Gasteiger partial charge < -0.3 is 45.1 Å². The van der Waals surface area contributed by atoms with Crippen molar-refractivity contribution in [2.75, 3.05) is 19.8 Å². The summed E-state index contributed by atoms with van der Waals surface area (Å²) in [6.45, 7) is 4.34. The molecule has 0 aromatic heterocycles. The fourth-order valence-electron chi connectivity index (χ4n) is 11.7. The molecule has 7 atom stereocenters. The van der Waals surface area contributed by atoms with Gasteiger partial charge in [0.1, 0.15) is 24.4 Å². The third-order valence-corrected chi connectivity index (χ3v) is 17.7. The van der Waals surface area contributed by atoms with E-state index in [1.165, 1.54) is 270 Å². The summed E-state index contributed by atoms with van der Waals surface area (Å²) in [5.41, 5.74) is 0. The summed E-state index contributed by atoms with van der Waals surface area (Å²) in [7, 11) is 0. The molecule has 6 N–H and O–H groups in total. The molecule has 510 valence electrons. The third-order valence-electron chi connectivity index (χ3n) is 17.7. The zero-order valence-electron chi connectivity index (χ0n) is 56.7. The molecule has 1 rings (SSSR count). The first-order valence-electron chi connectivity index (χ1n) is 37.4. The van der Waals surface area contributed by atoms with Gasteiger partial charge >= 0.3 is 5.97 Å².